The number of nitrogens with one attached hydrogen (secondary N) is 1. The summed E-state index contributed by atoms with van der Waals surface area (Å²) in [7, 11) is 0. The lowest BCUT2D eigenvalue weighted by Crippen LogP contribution is -2.42. The van der Waals surface area contributed by atoms with Gasteiger partial charge in [-0.2, -0.15) is 0 Å². The monoisotopic (exact) mass is 256 g/mol. The van der Waals surface area contributed by atoms with Crippen LogP contribution in [-0.2, 0) is 14.3 Å². The number of ether oxygens (including phenoxy) is 2. The van der Waals surface area contributed by atoms with Crippen molar-refractivity contribution in [1.29, 1.82) is 0 Å². The zero-order chi connectivity index (χ0) is 12.8. The Hall–Kier alpha value is -0.650. The minimum Gasteiger partial charge on any atom is -0.376 e. The van der Waals surface area contributed by atoms with Gasteiger partial charge in [0.05, 0.1) is 25.9 Å². The quantitative estimate of drug-likeness (QED) is 0.758. The van der Waals surface area contributed by atoms with Crippen LogP contribution in [0.15, 0.2) is 0 Å². The molecule has 2 rings (SSSR count). The molecule has 0 aromatic rings. The van der Waals surface area contributed by atoms with Crippen molar-refractivity contribution in [2.75, 3.05) is 32.9 Å². The standard InChI is InChI=1S/C13H24N2O3/c14-7-10-2-1-3-11(6-10)13(16)15-8-12-9-17-4-5-18-12/h10-12H,1-9,14H2,(H,15,16). The van der Waals surface area contributed by atoms with E-state index in [4.69, 9.17) is 15.2 Å². The number of nitrogens with two attached hydrogens (primary N) is 1. The van der Waals surface area contributed by atoms with E-state index in [1.54, 1.807) is 0 Å². The Morgan fingerprint density at radius 3 is 2.94 bits per heavy atom. The second-order valence-electron chi connectivity index (χ2n) is 5.28. The molecule has 0 bridgehead atoms. The molecule has 1 aliphatic carbocycles. The highest BCUT2D eigenvalue weighted by Crippen LogP contribution is 2.28. The van der Waals surface area contributed by atoms with E-state index in [9.17, 15) is 4.79 Å². The molecule has 3 unspecified atom stereocenters. The summed E-state index contributed by atoms with van der Waals surface area (Å²) < 4.78 is 10.8. The number of amides is 1. The van der Waals surface area contributed by atoms with Crippen LogP contribution in [-0.4, -0.2) is 44.9 Å². The van der Waals surface area contributed by atoms with Crippen molar-refractivity contribution in [2.45, 2.75) is 31.8 Å². The van der Waals surface area contributed by atoms with Gasteiger partial charge in [-0.15, -0.1) is 0 Å². The van der Waals surface area contributed by atoms with E-state index in [2.05, 4.69) is 5.32 Å². The molecule has 3 atom stereocenters. The van der Waals surface area contributed by atoms with Crippen molar-refractivity contribution < 1.29 is 14.3 Å². The van der Waals surface area contributed by atoms with E-state index in [0.717, 1.165) is 19.3 Å². The van der Waals surface area contributed by atoms with Crippen LogP contribution < -0.4 is 11.1 Å². The van der Waals surface area contributed by atoms with Crippen LogP contribution in [0.5, 0.6) is 0 Å². The Bertz CT molecular complexity index is 267. The molecule has 1 aliphatic heterocycles. The van der Waals surface area contributed by atoms with Gasteiger partial charge in [0.1, 0.15) is 0 Å². The van der Waals surface area contributed by atoms with E-state index in [0.29, 0.717) is 38.8 Å². The van der Waals surface area contributed by atoms with Gasteiger partial charge in [0.25, 0.3) is 0 Å². The Morgan fingerprint density at radius 1 is 1.33 bits per heavy atom. The molecule has 1 heterocycles. The fourth-order valence-corrected chi connectivity index (χ4v) is 2.76. The second-order valence-corrected chi connectivity index (χ2v) is 5.28. The summed E-state index contributed by atoms with van der Waals surface area (Å²) in [5.74, 6) is 0.808. The average Bonchev–Trinajstić information content (AvgIpc) is 2.46. The maximum atomic E-state index is 12.1. The molecule has 18 heavy (non-hydrogen) atoms. The van der Waals surface area contributed by atoms with Gasteiger partial charge in [-0.25, -0.2) is 0 Å². The summed E-state index contributed by atoms with van der Waals surface area (Å²) in [6.45, 7) is 3.12. The van der Waals surface area contributed by atoms with Crippen molar-refractivity contribution in [3.63, 3.8) is 0 Å². The smallest absolute Gasteiger partial charge is 0.223 e. The third kappa shape index (κ3) is 3.93. The van der Waals surface area contributed by atoms with Gasteiger partial charge in [0.2, 0.25) is 5.91 Å². The zero-order valence-corrected chi connectivity index (χ0v) is 10.9. The highest BCUT2D eigenvalue weighted by Gasteiger charge is 2.27. The lowest BCUT2D eigenvalue weighted by molar-refractivity contribution is -0.129. The van der Waals surface area contributed by atoms with Crippen molar-refractivity contribution in [2.24, 2.45) is 17.6 Å². The third-order valence-electron chi connectivity index (χ3n) is 3.88. The molecule has 1 amide bonds. The second kappa shape index (κ2) is 7.07. The number of hydrogen-bond acceptors (Lipinski definition) is 4. The van der Waals surface area contributed by atoms with Crippen LogP contribution in [0.25, 0.3) is 0 Å². The molecular formula is C13H24N2O3. The molecule has 5 nitrogen and oxygen atoms in total. The molecule has 0 radical (unpaired) electrons. The van der Waals surface area contributed by atoms with Crippen molar-refractivity contribution in [3.05, 3.63) is 0 Å². The van der Waals surface area contributed by atoms with Gasteiger partial charge in [0.15, 0.2) is 0 Å². The first-order valence-corrected chi connectivity index (χ1v) is 6.96. The van der Waals surface area contributed by atoms with E-state index < -0.39 is 0 Å². The molecule has 0 spiro atoms. The maximum absolute atomic E-state index is 12.1. The van der Waals surface area contributed by atoms with Crippen molar-refractivity contribution in [3.8, 4) is 0 Å². The van der Waals surface area contributed by atoms with Gasteiger partial charge in [-0.3, -0.25) is 4.79 Å². The van der Waals surface area contributed by atoms with Gasteiger partial charge in [-0.1, -0.05) is 6.42 Å². The summed E-state index contributed by atoms with van der Waals surface area (Å²) in [5, 5.41) is 2.98. The topological polar surface area (TPSA) is 73.6 Å². The van der Waals surface area contributed by atoms with Crippen LogP contribution >= 0.6 is 0 Å². The molecule has 1 saturated heterocycles. The van der Waals surface area contributed by atoms with Crippen LogP contribution in [0.3, 0.4) is 0 Å². The van der Waals surface area contributed by atoms with E-state index in [1.807, 2.05) is 0 Å². The minimum atomic E-state index is 0.0107. The fraction of sp³-hybridized carbons (Fsp3) is 0.923. The van der Waals surface area contributed by atoms with Crippen LogP contribution in [0.1, 0.15) is 25.7 Å². The molecule has 0 aromatic carbocycles. The van der Waals surface area contributed by atoms with E-state index >= 15 is 0 Å². The van der Waals surface area contributed by atoms with Gasteiger partial charge < -0.3 is 20.5 Å². The van der Waals surface area contributed by atoms with Gasteiger partial charge in [0, 0.05) is 12.5 Å². The lowest BCUT2D eigenvalue weighted by atomic mass is 9.81. The van der Waals surface area contributed by atoms with E-state index in [-0.39, 0.29) is 17.9 Å². The normalized spacial score (nSPS) is 33.1. The molecular weight excluding hydrogens is 232 g/mol. The Morgan fingerprint density at radius 2 is 2.22 bits per heavy atom. The fourth-order valence-electron chi connectivity index (χ4n) is 2.76. The van der Waals surface area contributed by atoms with Gasteiger partial charge in [-0.05, 0) is 31.7 Å². The Balaban J connectivity index is 1.70. The summed E-state index contributed by atoms with van der Waals surface area (Å²) >= 11 is 0. The Kier molecular flexibility index (Phi) is 5.41. The molecule has 5 heteroatoms. The zero-order valence-electron chi connectivity index (χ0n) is 10.9. The highest BCUT2D eigenvalue weighted by atomic mass is 16.6. The highest BCUT2D eigenvalue weighted by molar-refractivity contribution is 5.78. The molecule has 2 aliphatic rings. The lowest BCUT2D eigenvalue weighted by Gasteiger charge is -2.28. The first-order chi connectivity index (χ1) is 8.79. The largest absolute Gasteiger partial charge is 0.376 e. The van der Waals surface area contributed by atoms with Crippen LogP contribution in [0.4, 0.5) is 0 Å². The number of rotatable bonds is 4. The average molecular weight is 256 g/mol. The predicted molar refractivity (Wildman–Crippen MR) is 68.1 cm³/mol. The predicted octanol–water partition coefficient (Wildman–Crippen LogP) is 0.283. The maximum Gasteiger partial charge on any atom is 0.223 e. The van der Waals surface area contributed by atoms with Crippen LogP contribution in [0, 0.1) is 11.8 Å². The Labute approximate surface area is 108 Å². The summed E-state index contributed by atoms with van der Waals surface area (Å²) in [5.41, 5.74) is 5.69. The molecule has 2 fully saturated rings. The third-order valence-corrected chi connectivity index (χ3v) is 3.88. The molecule has 3 N–H and O–H groups in total. The first kappa shape index (κ1) is 13.8. The molecule has 1 saturated carbocycles. The molecule has 0 aromatic heterocycles. The van der Waals surface area contributed by atoms with Crippen LogP contribution in [0.2, 0.25) is 0 Å². The van der Waals surface area contributed by atoms with Crippen molar-refractivity contribution in [1.82, 2.24) is 5.32 Å². The minimum absolute atomic E-state index is 0.0107. The summed E-state index contributed by atoms with van der Waals surface area (Å²) in [6, 6.07) is 0. The van der Waals surface area contributed by atoms with Gasteiger partial charge >= 0.3 is 0 Å². The summed E-state index contributed by atoms with van der Waals surface area (Å²) in [6.07, 6.45) is 4.22. The van der Waals surface area contributed by atoms with E-state index in [1.165, 1.54) is 6.42 Å². The van der Waals surface area contributed by atoms with Crippen molar-refractivity contribution >= 4 is 5.91 Å². The summed E-state index contributed by atoms with van der Waals surface area (Å²) in [4.78, 5) is 12.1. The number of carbonyl (C=O) groups excluding carboxylic acids is 1. The number of hydrogen-bond donors (Lipinski definition) is 2. The molecule has 104 valence electrons. The first-order valence-electron chi connectivity index (χ1n) is 6.96. The number of carbonyl (C=O) groups is 1. The SMILES string of the molecule is NCC1CCCC(C(=O)NCC2COCCO2)C1.